The second kappa shape index (κ2) is 7.67. The topological polar surface area (TPSA) is 100 Å². The molecule has 0 spiro atoms. The second-order valence-electron chi connectivity index (χ2n) is 6.66. The smallest absolute Gasteiger partial charge is 0.351 e. The molecular formula is C18H24N6O3. The molecule has 2 heterocycles. The van der Waals surface area contributed by atoms with Crippen molar-refractivity contribution in [3.8, 4) is 6.01 Å². The van der Waals surface area contributed by atoms with Crippen LogP contribution in [0, 0.1) is 0 Å². The zero-order valence-electron chi connectivity index (χ0n) is 15.8. The predicted molar refractivity (Wildman–Crippen MR) is 104 cm³/mol. The molecule has 0 aliphatic rings. The van der Waals surface area contributed by atoms with Gasteiger partial charge in [0.05, 0.1) is 13.2 Å². The predicted octanol–water partition coefficient (Wildman–Crippen LogP) is -0.0107. The molecule has 0 bridgehead atoms. The Labute approximate surface area is 156 Å². The van der Waals surface area contributed by atoms with Gasteiger partial charge in [-0.05, 0) is 26.1 Å². The third kappa shape index (κ3) is 3.72. The van der Waals surface area contributed by atoms with E-state index >= 15 is 0 Å². The van der Waals surface area contributed by atoms with Gasteiger partial charge in [0.25, 0.3) is 11.6 Å². The summed E-state index contributed by atoms with van der Waals surface area (Å²) in [5.41, 5.74) is 0.249. The summed E-state index contributed by atoms with van der Waals surface area (Å²) in [6.07, 6.45) is 0.801. The molecule has 0 amide bonds. The molecule has 0 radical (unpaired) electrons. The van der Waals surface area contributed by atoms with Gasteiger partial charge in [-0.2, -0.15) is 9.66 Å². The molecule has 3 aromatic rings. The first kappa shape index (κ1) is 18.7. The summed E-state index contributed by atoms with van der Waals surface area (Å²) in [4.78, 5) is 31.2. The average molecular weight is 372 g/mol. The van der Waals surface area contributed by atoms with E-state index in [0.717, 1.165) is 27.8 Å². The Morgan fingerprint density at radius 2 is 1.89 bits per heavy atom. The first-order valence-electron chi connectivity index (χ1n) is 8.69. The molecule has 0 unspecified atom stereocenters. The molecule has 0 aliphatic carbocycles. The largest absolute Gasteiger partial charge is 0.465 e. The lowest BCUT2D eigenvalue weighted by molar-refractivity contribution is 0.256. The number of nitrogens with zero attached hydrogens (tertiary/aromatic N) is 5. The molecule has 9 nitrogen and oxygen atoms in total. The quantitative estimate of drug-likeness (QED) is 0.462. The molecule has 27 heavy (non-hydrogen) atoms. The van der Waals surface area contributed by atoms with Gasteiger partial charge < -0.3 is 15.5 Å². The van der Waals surface area contributed by atoms with Gasteiger partial charge in [0.15, 0.2) is 11.2 Å². The van der Waals surface area contributed by atoms with Gasteiger partial charge in [-0.3, -0.25) is 13.9 Å². The summed E-state index contributed by atoms with van der Waals surface area (Å²) in [6, 6.07) is 9.93. The average Bonchev–Trinajstić information content (AvgIpc) is 3.01. The van der Waals surface area contributed by atoms with Crippen molar-refractivity contribution in [2.75, 3.05) is 33.1 Å². The van der Waals surface area contributed by atoms with Gasteiger partial charge >= 0.3 is 5.69 Å². The molecule has 0 atom stereocenters. The summed E-state index contributed by atoms with van der Waals surface area (Å²) in [7, 11) is 5.37. The number of hydrogen-bond acceptors (Lipinski definition) is 6. The maximum absolute atomic E-state index is 12.7. The first-order valence-corrected chi connectivity index (χ1v) is 8.69. The van der Waals surface area contributed by atoms with Crippen molar-refractivity contribution < 1.29 is 4.74 Å². The summed E-state index contributed by atoms with van der Waals surface area (Å²) in [5.74, 6) is 5.86. The van der Waals surface area contributed by atoms with E-state index in [1.165, 1.54) is 7.05 Å². The zero-order chi connectivity index (χ0) is 19.6. The van der Waals surface area contributed by atoms with E-state index in [0.29, 0.717) is 13.2 Å². The number of hydrogen-bond donors (Lipinski definition) is 1. The third-order valence-corrected chi connectivity index (χ3v) is 4.31. The molecule has 144 valence electrons. The van der Waals surface area contributed by atoms with Gasteiger partial charge in [0.1, 0.15) is 0 Å². The molecule has 9 heteroatoms. The lowest BCUT2D eigenvalue weighted by Gasteiger charge is -2.12. The molecule has 0 fully saturated rings. The third-order valence-electron chi connectivity index (χ3n) is 4.31. The summed E-state index contributed by atoms with van der Waals surface area (Å²) >= 11 is 0. The number of imidazole rings is 1. The second-order valence-corrected chi connectivity index (χ2v) is 6.66. The van der Waals surface area contributed by atoms with Gasteiger partial charge in [-0.15, -0.1) is 0 Å². The standard InChI is InChI=1S/C18H24N6O3/c1-21(2)10-7-11-27-17-20-15-14(16(25)22(3)18(26)24(15)19)23(17)12-13-8-5-4-6-9-13/h4-6,8-9H,7,10-12,19H2,1-3H3. The highest BCUT2D eigenvalue weighted by Crippen LogP contribution is 2.19. The van der Waals surface area contributed by atoms with Crippen molar-refractivity contribution in [1.29, 1.82) is 0 Å². The van der Waals surface area contributed by atoms with Crippen molar-refractivity contribution >= 4 is 11.2 Å². The summed E-state index contributed by atoms with van der Waals surface area (Å²) < 4.78 is 9.37. The minimum Gasteiger partial charge on any atom is -0.465 e. The van der Waals surface area contributed by atoms with E-state index in [2.05, 4.69) is 9.88 Å². The van der Waals surface area contributed by atoms with E-state index in [9.17, 15) is 9.59 Å². The molecule has 0 saturated carbocycles. The maximum Gasteiger partial charge on any atom is 0.351 e. The number of ether oxygens (including phenoxy) is 1. The SMILES string of the molecule is CN(C)CCCOc1nc2c(c(=O)n(C)c(=O)n2N)n1Cc1ccccc1. The first-order chi connectivity index (χ1) is 12.9. The van der Waals surface area contributed by atoms with Crippen LogP contribution in [0.3, 0.4) is 0 Å². The maximum atomic E-state index is 12.7. The van der Waals surface area contributed by atoms with Crippen LogP contribution in [-0.4, -0.2) is 50.9 Å². The fraction of sp³-hybridized carbons (Fsp3) is 0.389. The fourth-order valence-electron chi connectivity index (χ4n) is 2.86. The van der Waals surface area contributed by atoms with Crippen LogP contribution < -0.4 is 21.8 Å². The van der Waals surface area contributed by atoms with Crippen LogP contribution in [0.4, 0.5) is 0 Å². The lowest BCUT2D eigenvalue weighted by Crippen LogP contribution is -2.41. The Kier molecular flexibility index (Phi) is 5.31. The van der Waals surface area contributed by atoms with Crippen molar-refractivity contribution in [2.24, 2.45) is 7.05 Å². The van der Waals surface area contributed by atoms with Gasteiger partial charge in [0, 0.05) is 13.6 Å². The van der Waals surface area contributed by atoms with Gasteiger partial charge in [-0.1, -0.05) is 30.3 Å². The van der Waals surface area contributed by atoms with E-state index < -0.39 is 11.2 Å². The van der Waals surface area contributed by atoms with Crippen LogP contribution >= 0.6 is 0 Å². The minimum atomic E-state index is -0.629. The highest BCUT2D eigenvalue weighted by atomic mass is 16.5. The molecular weight excluding hydrogens is 348 g/mol. The Morgan fingerprint density at radius 3 is 2.56 bits per heavy atom. The van der Waals surface area contributed by atoms with Crippen LogP contribution in [-0.2, 0) is 13.6 Å². The molecule has 2 aromatic heterocycles. The highest BCUT2D eigenvalue weighted by molar-refractivity contribution is 5.72. The van der Waals surface area contributed by atoms with Gasteiger partial charge in [-0.25, -0.2) is 4.79 Å². The van der Waals surface area contributed by atoms with Crippen molar-refractivity contribution in [2.45, 2.75) is 13.0 Å². The van der Waals surface area contributed by atoms with E-state index in [-0.39, 0.29) is 17.2 Å². The van der Waals surface area contributed by atoms with Crippen LogP contribution in [0.2, 0.25) is 0 Å². The number of nitrogens with two attached hydrogens (primary N) is 1. The number of aromatic nitrogens is 4. The van der Waals surface area contributed by atoms with Crippen molar-refractivity contribution in [3.05, 3.63) is 56.7 Å². The van der Waals surface area contributed by atoms with E-state index in [1.807, 2.05) is 44.4 Å². The Bertz CT molecular complexity index is 1050. The highest BCUT2D eigenvalue weighted by Gasteiger charge is 2.20. The number of rotatable bonds is 7. The molecule has 0 aliphatic heterocycles. The monoisotopic (exact) mass is 372 g/mol. The molecule has 1 aromatic carbocycles. The van der Waals surface area contributed by atoms with Crippen LogP contribution in [0.15, 0.2) is 39.9 Å². The Balaban J connectivity index is 2.08. The van der Waals surface area contributed by atoms with E-state index in [4.69, 9.17) is 10.6 Å². The Morgan fingerprint density at radius 1 is 1.19 bits per heavy atom. The number of fused-ring (bicyclic) bond motifs is 1. The van der Waals surface area contributed by atoms with Gasteiger partial charge in [0.2, 0.25) is 0 Å². The molecule has 2 N–H and O–H groups in total. The molecule has 3 rings (SSSR count). The lowest BCUT2D eigenvalue weighted by atomic mass is 10.2. The summed E-state index contributed by atoms with van der Waals surface area (Å²) in [5, 5.41) is 0. The molecule has 0 saturated heterocycles. The summed E-state index contributed by atoms with van der Waals surface area (Å²) in [6.45, 7) is 1.68. The normalized spacial score (nSPS) is 11.4. The zero-order valence-corrected chi connectivity index (χ0v) is 15.8. The van der Waals surface area contributed by atoms with Crippen LogP contribution in [0.25, 0.3) is 11.2 Å². The van der Waals surface area contributed by atoms with Crippen LogP contribution in [0.1, 0.15) is 12.0 Å². The number of nitrogen functional groups attached to an aromatic ring is 1. The van der Waals surface area contributed by atoms with Crippen LogP contribution in [0.5, 0.6) is 6.01 Å². The minimum absolute atomic E-state index is 0.113. The Hall–Kier alpha value is -3.07. The van der Waals surface area contributed by atoms with E-state index in [1.54, 1.807) is 4.57 Å². The van der Waals surface area contributed by atoms with Crippen molar-refractivity contribution in [1.82, 2.24) is 23.7 Å². The number of benzene rings is 1. The van der Waals surface area contributed by atoms with Crippen molar-refractivity contribution in [3.63, 3.8) is 0 Å². The fourth-order valence-corrected chi connectivity index (χ4v) is 2.86.